The first-order valence-corrected chi connectivity index (χ1v) is 12.0. The number of amides is 2. The van der Waals surface area contributed by atoms with E-state index in [2.05, 4.69) is 25.7 Å². The van der Waals surface area contributed by atoms with Gasteiger partial charge in [0.05, 0.1) is 5.39 Å². The Balaban J connectivity index is 0.000000284. The fourth-order valence-corrected chi connectivity index (χ4v) is 3.35. The van der Waals surface area contributed by atoms with Gasteiger partial charge in [0.2, 0.25) is 5.95 Å². The third-order valence-electron chi connectivity index (χ3n) is 4.87. The van der Waals surface area contributed by atoms with Gasteiger partial charge in [0, 0.05) is 42.0 Å². The predicted molar refractivity (Wildman–Crippen MR) is 149 cm³/mol. The Bertz CT molecular complexity index is 1340. The molecule has 0 spiro atoms. The summed E-state index contributed by atoms with van der Waals surface area (Å²) >= 11 is 0. The van der Waals surface area contributed by atoms with E-state index in [0.717, 1.165) is 16.6 Å². The van der Waals surface area contributed by atoms with Crippen molar-refractivity contribution in [2.45, 2.75) is 39.8 Å². The lowest BCUT2D eigenvalue weighted by Gasteiger charge is -2.09. The van der Waals surface area contributed by atoms with Gasteiger partial charge < -0.3 is 26.4 Å². The molecule has 0 bridgehead atoms. The van der Waals surface area contributed by atoms with E-state index in [1.165, 1.54) is 0 Å². The molecule has 2 amide bonds. The topological polar surface area (TPSA) is 168 Å². The number of nitrogens with one attached hydrogen (secondary N) is 2. The van der Waals surface area contributed by atoms with E-state index in [-0.39, 0.29) is 29.8 Å². The molecule has 0 unspecified atom stereocenters. The molecule has 2 aromatic carbocycles. The number of carbonyl (C=O) groups is 2. The minimum atomic E-state index is -0.750. The van der Waals surface area contributed by atoms with E-state index < -0.39 is 7.69 Å². The van der Waals surface area contributed by atoms with Crippen molar-refractivity contribution in [1.29, 1.82) is 0 Å². The monoisotopic (exact) mass is 519 g/mol. The van der Waals surface area contributed by atoms with Gasteiger partial charge in [0.1, 0.15) is 5.69 Å². The lowest BCUT2D eigenvalue weighted by atomic mass is 10.1. The highest BCUT2D eigenvalue weighted by Crippen LogP contribution is 2.27. The molecule has 0 aliphatic carbocycles. The fraction of sp³-hybridized carbons (Fsp3) is 0.269. The second-order valence-corrected chi connectivity index (χ2v) is 8.78. The largest absolute Gasteiger partial charge is 0.432 e. The maximum Gasteiger partial charge on any atom is 0.432 e. The number of nitrogens with zero attached hydrogens (tertiary/aromatic N) is 4. The molecule has 0 atom stereocenters. The molecule has 200 valence electrons. The van der Waals surface area contributed by atoms with Gasteiger partial charge >= 0.3 is 7.69 Å². The van der Waals surface area contributed by atoms with Crippen LogP contribution in [0.15, 0.2) is 60.8 Å². The number of benzene rings is 2. The summed E-state index contributed by atoms with van der Waals surface area (Å²) in [5.74, 6) is 0.0882. The SMILES string of the molecule is CC(C)NC(=O)c1cccc(-c2nn(C)c3nc(N)ncc23)c1.CC(C)NC(=O)c1ccccc1.OBO. The van der Waals surface area contributed by atoms with Crippen LogP contribution >= 0.6 is 0 Å². The predicted octanol–water partition coefficient (Wildman–Crippen LogP) is 1.81. The van der Waals surface area contributed by atoms with E-state index >= 15 is 0 Å². The third-order valence-corrected chi connectivity index (χ3v) is 4.87. The molecule has 4 aromatic rings. The van der Waals surface area contributed by atoms with E-state index in [0.29, 0.717) is 16.8 Å². The number of nitrogen functional groups attached to an aromatic ring is 1. The number of aryl methyl sites for hydroxylation is 1. The van der Waals surface area contributed by atoms with Gasteiger partial charge in [-0.1, -0.05) is 30.3 Å². The Morgan fingerprint density at radius 3 is 2.05 bits per heavy atom. The van der Waals surface area contributed by atoms with Crippen LogP contribution in [0.5, 0.6) is 0 Å². The van der Waals surface area contributed by atoms with Crippen molar-refractivity contribution in [1.82, 2.24) is 30.4 Å². The van der Waals surface area contributed by atoms with Crippen molar-refractivity contribution in [2.24, 2.45) is 7.05 Å². The number of aromatic nitrogens is 4. The van der Waals surface area contributed by atoms with Crippen LogP contribution in [0.25, 0.3) is 22.3 Å². The molecule has 38 heavy (non-hydrogen) atoms. The van der Waals surface area contributed by atoms with Gasteiger partial charge in [-0.05, 0) is 52.0 Å². The summed E-state index contributed by atoms with van der Waals surface area (Å²) < 4.78 is 1.66. The first-order chi connectivity index (χ1) is 18.1. The van der Waals surface area contributed by atoms with Gasteiger partial charge in [-0.25, -0.2) is 9.67 Å². The molecule has 0 saturated carbocycles. The maximum absolute atomic E-state index is 12.2. The van der Waals surface area contributed by atoms with Gasteiger partial charge in [-0.2, -0.15) is 10.1 Å². The Labute approximate surface area is 222 Å². The van der Waals surface area contributed by atoms with Crippen LogP contribution in [0.2, 0.25) is 0 Å². The zero-order chi connectivity index (χ0) is 28.2. The zero-order valence-corrected chi connectivity index (χ0v) is 22.2. The second-order valence-electron chi connectivity index (χ2n) is 8.78. The Hall–Kier alpha value is -4.29. The molecule has 11 nitrogen and oxygen atoms in total. The average molecular weight is 519 g/mol. The summed E-state index contributed by atoms with van der Waals surface area (Å²) in [5.41, 5.74) is 9.15. The lowest BCUT2D eigenvalue weighted by Crippen LogP contribution is -2.30. The number of rotatable bonds is 5. The summed E-state index contributed by atoms with van der Waals surface area (Å²) in [7, 11) is 1.05. The quantitative estimate of drug-likeness (QED) is 0.249. The molecule has 0 aliphatic heterocycles. The third kappa shape index (κ3) is 8.68. The molecule has 2 heterocycles. The van der Waals surface area contributed by atoms with Gasteiger partial charge in [-0.15, -0.1) is 0 Å². The molecular formula is C26H34BN7O4. The molecule has 12 heteroatoms. The first-order valence-electron chi connectivity index (χ1n) is 12.0. The Morgan fingerprint density at radius 1 is 0.921 bits per heavy atom. The normalized spacial score (nSPS) is 10.2. The van der Waals surface area contributed by atoms with Crippen LogP contribution in [0.1, 0.15) is 48.4 Å². The summed E-state index contributed by atoms with van der Waals surface area (Å²) in [6, 6.07) is 16.8. The van der Waals surface area contributed by atoms with Gasteiger partial charge in [-0.3, -0.25) is 9.59 Å². The highest BCUT2D eigenvalue weighted by atomic mass is 16.4. The van der Waals surface area contributed by atoms with Crippen LogP contribution in [0, 0.1) is 0 Å². The fourth-order valence-electron chi connectivity index (χ4n) is 3.35. The maximum atomic E-state index is 12.2. The average Bonchev–Trinajstić information content (AvgIpc) is 3.20. The molecule has 6 N–H and O–H groups in total. The number of hydrogen-bond acceptors (Lipinski definition) is 8. The van der Waals surface area contributed by atoms with Crippen LogP contribution in [0.3, 0.4) is 0 Å². The van der Waals surface area contributed by atoms with Crippen molar-refractivity contribution in [3.63, 3.8) is 0 Å². The second kappa shape index (κ2) is 14.5. The first kappa shape index (κ1) is 29.9. The smallest absolute Gasteiger partial charge is 0.430 e. The minimum Gasteiger partial charge on any atom is -0.430 e. The van der Waals surface area contributed by atoms with Crippen LogP contribution < -0.4 is 16.4 Å². The van der Waals surface area contributed by atoms with Crippen LogP contribution in [-0.2, 0) is 7.05 Å². The van der Waals surface area contributed by atoms with E-state index in [1.54, 1.807) is 36.1 Å². The van der Waals surface area contributed by atoms with Crippen molar-refractivity contribution < 1.29 is 19.6 Å². The number of carbonyl (C=O) groups excluding carboxylic acids is 2. The number of hydrogen-bond donors (Lipinski definition) is 5. The van der Waals surface area contributed by atoms with Gasteiger partial charge in [0.25, 0.3) is 11.8 Å². The zero-order valence-electron chi connectivity index (χ0n) is 22.2. The van der Waals surface area contributed by atoms with Crippen LogP contribution in [0.4, 0.5) is 5.95 Å². The molecule has 0 aliphatic rings. The van der Waals surface area contributed by atoms with Crippen LogP contribution in [-0.4, -0.2) is 61.4 Å². The molecule has 4 rings (SSSR count). The number of anilines is 1. The van der Waals surface area contributed by atoms with E-state index in [4.69, 9.17) is 15.8 Å². The molecular weight excluding hydrogens is 485 g/mol. The Morgan fingerprint density at radius 2 is 1.47 bits per heavy atom. The van der Waals surface area contributed by atoms with E-state index in [1.807, 2.05) is 64.1 Å². The summed E-state index contributed by atoms with van der Waals surface area (Å²) in [6.07, 6.45) is 1.65. The lowest BCUT2D eigenvalue weighted by molar-refractivity contribution is 0.0934. The molecule has 0 fully saturated rings. The number of nitrogens with two attached hydrogens (primary N) is 1. The summed E-state index contributed by atoms with van der Waals surface area (Å²) in [5, 5.41) is 25.2. The van der Waals surface area contributed by atoms with Crippen molar-refractivity contribution in [3.8, 4) is 11.3 Å². The van der Waals surface area contributed by atoms with Crippen molar-refractivity contribution in [2.75, 3.05) is 5.73 Å². The molecule has 0 radical (unpaired) electrons. The van der Waals surface area contributed by atoms with E-state index in [9.17, 15) is 9.59 Å². The highest BCUT2D eigenvalue weighted by molar-refractivity contribution is 6.13. The number of fused-ring (bicyclic) bond motifs is 1. The Kier molecular flexibility index (Phi) is 11.4. The van der Waals surface area contributed by atoms with Crippen molar-refractivity contribution in [3.05, 3.63) is 71.9 Å². The molecule has 2 aromatic heterocycles. The summed E-state index contributed by atoms with van der Waals surface area (Å²) in [4.78, 5) is 31.8. The highest BCUT2D eigenvalue weighted by Gasteiger charge is 2.15. The van der Waals surface area contributed by atoms with Gasteiger partial charge in [0.15, 0.2) is 5.65 Å². The summed E-state index contributed by atoms with van der Waals surface area (Å²) in [6.45, 7) is 7.74. The molecule has 0 saturated heterocycles. The standard InChI is InChI=1S/C16H18N6O.C10H13NO.BH3O2/c1-9(2)19-15(23)11-6-4-5-10(7-11)13-12-8-18-16(17)20-14(12)22(3)21-13;1-8(2)11-10(12)9-6-4-3-5-7-9;2-1-3/h4-9H,1-3H3,(H,19,23)(H2,17,18,20);3-8H,1-2H3,(H,11,12);1-3H. The van der Waals surface area contributed by atoms with Crippen molar-refractivity contribution >= 4 is 36.5 Å². The minimum absolute atomic E-state index is 0.00870.